The number of carbonyl (C=O) groups excluding carboxylic acids is 1. The Balaban J connectivity index is 2.36. The molecule has 3 heteroatoms. The number of hydrogen-bond donors (Lipinski definition) is 0. The molecule has 3 aromatic carbocycles. The molecule has 0 unspecified atom stereocenters. The topological polar surface area (TPSA) is 17.1 Å². The van der Waals surface area contributed by atoms with E-state index < -0.39 is 6.89 Å². The molecule has 0 N–H and O–H groups in total. The molecular formula is C23H24OPS+. The number of rotatable bonds is 6. The lowest BCUT2D eigenvalue weighted by atomic mass is 10.4. The summed E-state index contributed by atoms with van der Waals surface area (Å²) in [4.78, 5) is 13.0. The summed E-state index contributed by atoms with van der Waals surface area (Å²) in [6.07, 6.45) is 4.25. The summed E-state index contributed by atoms with van der Waals surface area (Å²) in [7, 11) is 0.0875. The molecule has 0 saturated carbocycles. The van der Waals surface area contributed by atoms with Gasteiger partial charge in [-0.2, -0.15) is 0 Å². The lowest BCUT2D eigenvalue weighted by molar-refractivity contribution is -0.110. The van der Waals surface area contributed by atoms with Crippen LogP contribution in [-0.2, 0) is 15.7 Å². The van der Waals surface area contributed by atoms with Crippen LogP contribution < -0.4 is 15.9 Å². The molecule has 132 valence electrons. The average molecular weight is 379 g/mol. The first-order valence-electron chi connectivity index (χ1n) is 8.61. The molecule has 0 aliphatic rings. The van der Waals surface area contributed by atoms with Crippen molar-refractivity contribution in [3.05, 3.63) is 91.0 Å². The molecule has 0 atom stereocenters. The zero-order valence-electron chi connectivity index (χ0n) is 15.2. The lowest BCUT2D eigenvalue weighted by Gasteiger charge is -2.28. The molecule has 3 rings (SSSR count). The van der Waals surface area contributed by atoms with E-state index in [1.54, 1.807) is 0 Å². The van der Waals surface area contributed by atoms with Crippen LogP contribution in [0.2, 0.25) is 0 Å². The van der Waals surface area contributed by atoms with Crippen LogP contribution in [0.1, 0.15) is 0 Å². The first-order valence-corrected chi connectivity index (χ1v) is 12.7. The van der Waals surface area contributed by atoms with Crippen LogP contribution in [0.15, 0.2) is 91.0 Å². The lowest BCUT2D eigenvalue weighted by Crippen LogP contribution is -2.29. The molecule has 1 nitrogen and oxygen atoms in total. The fourth-order valence-electron chi connectivity index (χ4n) is 3.20. The molecule has 0 spiro atoms. The third kappa shape index (κ3) is 4.03. The Hall–Kier alpha value is -2.02. The van der Waals surface area contributed by atoms with Crippen molar-refractivity contribution in [1.29, 1.82) is 0 Å². The zero-order chi connectivity index (χ0) is 18.4. The summed E-state index contributed by atoms with van der Waals surface area (Å²) in [5.74, 6) is 2.89. The summed E-state index contributed by atoms with van der Waals surface area (Å²) >= 11 is 0. The molecule has 0 aliphatic heterocycles. The quantitative estimate of drug-likeness (QED) is 0.475. The second-order valence-electron chi connectivity index (χ2n) is 6.45. The molecule has 0 bridgehead atoms. The van der Waals surface area contributed by atoms with Gasteiger partial charge in [0.05, 0.1) is 12.5 Å². The predicted octanol–water partition coefficient (Wildman–Crippen LogP) is 3.23. The van der Waals surface area contributed by atoms with Gasteiger partial charge in [-0.15, -0.1) is 0 Å². The third-order valence-electron chi connectivity index (χ3n) is 4.26. The van der Waals surface area contributed by atoms with Crippen molar-refractivity contribution < 1.29 is 4.79 Å². The highest BCUT2D eigenvalue weighted by Crippen LogP contribution is 2.43. The molecule has 0 saturated heterocycles. The molecule has 0 aliphatic carbocycles. The van der Waals surface area contributed by atoms with Crippen molar-refractivity contribution in [2.75, 3.05) is 18.3 Å². The van der Waals surface area contributed by atoms with Crippen molar-refractivity contribution in [2.45, 2.75) is 0 Å². The van der Waals surface area contributed by atoms with Crippen molar-refractivity contribution in [2.24, 2.45) is 0 Å². The van der Waals surface area contributed by atoms with Gasteiger partial charge in [0.2, 0.25) is 5.78 Å². The molecular weight excluding hydrogens is 355 g/mol. The van der Waals surface area contributed by atoms with Gasteiger partial charge in [0.15, 0.2) is 5.75 Å². The van der Waals surface area contributed by atoms with Crippen LogP contribution in [0, 0.1) is 0 Å². The monoisotopic (exact) mass is 379 g/mol. The second-order valence-corrected chi connectivity index (χ2v) is 12.0. The van der Waals surface area contributed by atoms with E-state index in [9.17, 15) is 4.79 Å². The van der Waals surface area contributed by atoms with Gasteiger partial charge in [-0.05, 0) is 39.5 Å². The highest BCUT2D eigenvalue weighted by atomic mass is 32.2. The van der Waals surface area contributed by atoms with Crippen molar-refractivity contribution in [1.82, 2.24) is 0 Å². The Morgan fingerprint density at radius 2 is 1.08 bits per heavy atom. The maximum atomic E-state index is 13.0. The Morgan fingerprint density at radius 3 is 1.38 bits per heavy atom. The van der Waals surface area contributed by atoms with E-state index in [4.69, 9.17) is 0 Å². The summed E-state index contributed by atoms with van der Waals surface area (Å²) in [6.45, 7) is -2.14. The van der Waals surface area contributed by atoms with Gasteiger partial charge in [-0.25, -0.2) is 0 Å². The largest absolute Gasteiger partial charge is 0.289 e. The van der Waals surface area contributed by atoms with E-state index in [0.717, 1.165) is 0 Å². The summed E-state index contributed by atoms with van der Waals surface area (Å²) in [5, 5.41) is 3.66. The van der Waals surface area contributed by atoms with E-state index in [-0.39, 0.29) is 16.7 Å². The Bertz CT molecular complexity index is 799. The first kappa shape index (κ1) is 18.8. The fraction of sp³-hybridized carbons (Fsp3) is 0.130. The van der Waals surface area contributed by atoms with Gasteiger partial charge in [0.1, 0.15) is 0 Å². The number of ketones is 1. The maximum absolute atomic E-state index is 13.0. The van der Waals surface area contributed by atoms with E-state index in [1.165, 1.54) is 15.9 Å². The van der Waals surface area contributed by atoms with E-state index in [2.05, 4.69) is 85.3 Å². The first-order chi connectivity index (χ1) is 12.6. The molecule has 0 fully saturated rings. The zero-order valence-corrected chi connectivity index (χ0v) is 16.9. The molecule has 0 amide bonds. The van der Waals surface area contributed by atoms with Gasteiger partial charge >= 0.3 is 0 Å². The number of carbonyl (C=O) groups is 1. The minimum atomic E-state index is -2.14. The molecule has 0 heterocycles. The van der Waals surface area contributed by atoms with Gasteiger partial charge in [-0.1, -0.05) is 91.0 Å². The molecule has 26 heavy (non-hydrogen) atoms. The summed E-state index contributed by atoms with van der Waals surface area (Å²) in [5.41, 5.74) is 0. The van der Waals surface area contributed by atoms with Crippen molar-refractivity contribution >= 4 is 45.3 Å². The van der Waals surface area contributed by atoms with Crippen molar-refractivity contribution in [3.63, 3.8) is 0 Å². The fourth-order valence-corrected chi connectivity index (χ4v) is 7.77. The maximum Gasteiger partial charge on any atom is 0.205 e. The van der Waals surface area contributed by atoms with Gasteiger partial charge < -0.3 is 0 Å². The average Bonchev–Trinajstić information content (AvgIpc) is 2.67. The standard InChI is InChI=1S/C23H24OPS/c1-26(2)19-20(24)18-25(21-12-6-3-7-13-21,22-14-8-4-9-15-22)23-16-10-5-11-17-23/h3-18H,19H2,1-2H3/q+1. The number of Topliss-reactive ketones (excluding diaryl/α,β-unsaturated/α-hetero) is 1. The third-order valence-corrected chi connectivity index (χ3v) is 9.13. The van der Waals surface area contributed by atoms with E-state index in [0.29, 0.717) is 5.75 Å². The summed E-state index contributed by atoms with van der Waals surface area (Å²) in [6, 6.07) is 31.5. The minimum Gasteiger partial charge on any atom is -0.289 e. The van der Waals surface area contributed by atoms with Crippen LogP contribution >= 0.6 is 6.89 Å². The Morgan fingerprint density at radius 1 is 0.731 bits per heavy atom. The van der Waals surface area contributed by atoms with E-state index in [1.807, 2.05) is 24.0 Å². The van der Waals surface area contributed by atoms with Crippen LogP contribution in [0.3, 0.4) is 0 Å². The number of benzene rings is 3. The van der Waals surface area contributed by atoms with Gasteiger partial charge in [0, 0.05) is 0 Å². The van der Waals surface area contributed by atoms with Gasteiger partial charge in [-0.3, -0.25) is 4.79 Å². The van der Waals surface area contributed by atoms with Crippen molar-refractivity contribution in [3.8, 4) is 0 Å². The van der Waals surface area contributed by atoms with E-state index >= 15 is 0 Å². The highest BCUT2D eigenvalue weighted by molar-refractivity contribution is 7.97. The smallest absolute Gasteiger partial charge is 0.205 e. The van der Waals surface area contributed by atoms with Crippen LogP contribution in [0.4, 0.5) is 0 Å². The number of hydrogen-bond acceptors (Lipinski definition) is 1. The summed E-state index contributed by atoms with van der Waals surface area (Å²) < 4.78 is 0. The van der Waals surface area contributed by atoms with Gasteiger partial charge in [0.25, 0.3) is 0 Å². The Kier molecular flexibility index (Phi) is 6.19. The second kappa shape index (κ2) is 8.58. The minimum absolute atomic E-state index is 0.0875. The van der Waals surface area contributed by atoms with Crippen LogP contribution in [0.25, 0.3) is 0 Å². The predicted molar refractivity (Wildman–Crippen MR) is 120 cm³/mol. The highest BCUT2D eigenvalue weighted by Gasteiger charge is 2.27. The van der Waals surface area contributed by atoms with Crippen LogP contribution in [-0.4, -0.2) is 29.8 Å². The molecule has 0 aromatic heterocycles. The normalized spacial score (nSPS) is 11.3. The molecule has 0 radical (unpaired) electrons. The Labute approximate surface area is 159 Å². The SMILES string of the molecule is C[S+](C)CC(=O)C=P(c1ccccc1)(c1ccccc1)c1ccccc1. The molecule has 3 aromatic rings. The van der Waals surface area contributed by atoms with Crippen LogP contribution in [0.5, 0.6) is 0 Å².